The Labute approximate surface area is 238 Å². The van der Waals surface area contributed by atoms with Crippen LogP contribution in [0.4, 0.5) is 5.69 Å². The number of carbonyl (C=O) groups is 4. The number of nitrogens with one attached hydrogen (secondary N) is 1. The highest BCUT2D eigenvalue weighted by Crippen LogP contribution is 2.60. The van der Waals surface area contributed by atoms with Crippen LogP contribution in [0.3, 0.4) is 0 Å². The van der Waals surface area contributed by atoms with E-state index in [1.165, 1.54) is 12.0 Å². The molecule has 1 fully saturated rings. The van der Waals surface area contributed by atoms with E-state index in [1.807, 2.05) is 24.3 Å². The van der Waals surface area contributed by atoms with Crippen molar-refractivity contribution >= 4 is 29.4 Å². The molecule has 7 rings (SSSR count). The van der Waals surface area contributed by atoms with Crippen LogP contribution >= 0.6 is 0 Å². The van der Waals surface area contributed by atoms with Gasteiger partial charge in [0.25, 0.3) is 5.91 Å². The minimum atomic E-state index is -0.461. The summed E-state index contributed by atoms with van der Waals surface area (Å²) in [7, 11) is 1.54. The molecule has 3 aromatic rings. The summed E-state index contributed by atoms with van der Waals surface area (Å²) >= 11 is 0. The van der Waals surface area contributed by atoms with E-state index in [0.717, 1.165) is 22.3 Å². The lowest BCUT2D eigenvalue weighted by Gasteiger charge is -2.45. The predicted molar refractivity (Wildman–Crippen MR) is 151 cm³/mol. The quantitative estimate of drug-likeness (QED) is 0.224. The van der Waals surface area contributed by atoms with Crippen LogP contribution in [0.1, 0.15) is 59.8 Å². The van der Waals surface area contributed by atoms with E-state index in [1.54, 1.807) is 24.3 Å². The third kappa shape index (κ3) is 4.88. The first-order valence-corrected chi connectivity index (χ1v) is 14.1. The maximum atomic E-state index is 13.6. The summed E-state index contributed by atoms with van der Waals surface area (Å²) in [4.78, 5) is 53.0. The number of rotatable bonds is 10. The first kappa shape index (κ1) is 26.7. The Morgan fingerprint density at radius 3 is 1.93 bits per heavy atom. The van der Waals surface area contributed by atoms with Crippen LogP contribution in [-0.2, 0) is 23.9 Å². The molecule has 4 aliphatic rings. The molecule has 1 N–H and O–H groups in total. The van der Waals surface area contributed by atoms with E-state index < -0.39 is 11.9 Å². The van der Waals surface area contributed by atoms with Gasteiger partial charge in [0.1, 0.15) is 5.75 Å². The van der Waals surface area contributed by atoms with Gasteiger partial charge in [-0.15, -0.1) is 0 Å². The Hall–Kier alpha value is -4.46. The van der Waals surface area contributed by atoms with Crippen LogP contribution in [0, 0.1) is 11.8 Å². The largest absolute Gasteiger partial charge is 0.497 e. The number of hydrogen-bond acceptors (Lipinski definition) is 6. The predicted octanol–water partition coefficient (Wildman–Crippen LogP) is 4.63. The van der Waals surface area contributed by atoms with Crippen molar-refractivity contribution in [3.05, 3.63) is 95.1 Å². The SMILES string of the molecule is COc1cccc(NC(=O)COC(=O)CCCCCN2C(=O)[C@H]3C4c5ccccc5C(c5ccccc54)[C@@H]3C2=O)c1. The molecule has 0 unspecified atom stereocenters. The van der Waals surface area contributed by atoms with E-state index >= 15 is 0 Å². The first-order valence-electron chi connectivity index (χ1n) is 14.1. The van der Waals surface area contributed by atoms with Gasteiger partial charge in [0.2, 0.25) is 11.8 Å². The maximum absolute atomic E-state index is 13.6. The lowest BCUT2D eigenvalue weighted by atomic mass is 9.55. The minimum Gasteiger partial charge on any atom is -0.497 e. The Bertz CT molecular complexity index is 1400. The zero-order valence-corrected chi connectivity index (χ0v) is 22.9. The number of esters is 1. The van der Waals surface area contributed by atoms with Gasteiger partial charge in [-0.25, -0.2) is 0 Å². The van der Waals surface area contributed by atoms with Gasteiger partial charge in [-0.3, -0.25) is 24.1 Å². The molecule has 3 aliphatic carbocycles. The fourth-order valence-electron chi connectivity index (χ4n) is 6.79. The van der Waals surface area contributed by atoms with Crippen molar-refractivity contribution in [1.82, 2.24) is 4.90 Å². The minimum absolute atomic E-state index is 0.0829. The number of likely N-dealkylation sites (tertiary alicyclic amines) is 1. The van der Waals surface area contributed by atoms with Crippen LogP contribution in [0.2, 0.25) is 0 Å². The van der Waals surface area contributed by atoms with Gasteiger partial charge < -0.3 is 14.8 Å². The number of ether oxygens (including phenoxy) is 2. The molecule has 41 heavy (non-hydrogen) atoms. The Balaban J connectivity index is 0.991. The molecule has 0 aromatic heterocycles. The van der Waals surface area contributed by atoms with Crippen molar-refractivity contribution < 1.29 is 28.7 Å². The summed E-state index contributed by atoms with van der Waals surface area (Å²) in [6, 6.07) is 23.3. The van der Waals surface area contributed by atoms with Crippen molar-refractivity contribution in [2.75, 3.05) is 25.6 Å². The molecule has 3 amide bonds. The zero-order valence-electron chi connectivity index (χ0n) is 22.9. The molecule has 0 spiro atoms. The van der Waals surface area contributed by atoms with Crippen LogP contribution in [0.5, 0.6) is 5.75 Å². The topological polar surface area (TPSA) is 102 Å². The summed E-state index contributed by atoms with van der Waals surface area (Å²) < 4.78 is 10.2. The second-order valence-electron chi connectivity index (χ2n) is 10.8. The molecule has 2 atom stereocenters. The Kier molecular flexibility index (Phi) is 7.30. The highest BCUT2D eigenvalue weighted by atomic mass is 16.5. The summed E-state index contributed by atoms with van der Waals surface area (Å²) in [6.07, 6.45) is 1.97. The molecular formula is C33H32N2O6. The molecule has 0 saturated carbocycles. The standard InChI is InChI=1S/C33H32N2O6/c1-40-21-11-9-10-20(18-21)34-26(36)19-41-27(37)16-3-2-8-17-35-32(38)30-28-22-12-4-5-13-23(22)29(31(30)33(35)39)25-15-7-6-14-24(25)28/h4-7,9-15,18,28-31H,2-3,8,16-17,19H2,1H3,(H,34,36)/t28?,29?,30-,31-/m0/s1. The average molecular weight is 553 g/mol. The monoisotopic (exact) mass is 552 g/mol. The molecule has 8 nitrogen and oxygen atoms in total. The number of hydrogen-bond donors (Lipinski definition) is 1. The Morgan fingerprint density at radius 1 is 0.780 bits per heavy atom. The molecule has 1 aliphatic heterocycles. The molecule has 2 bridgehead atoms. The number of benzene rings is 3. The number of anilines is 1. The van der Waals surface area contributed by atoms with Crippen LogP contribution in [-0.4, -0.2) is 48.9 Å². The fourth-order valence-corrected chi connectivity index (χ4v) is 6.79. The average Bonchev–Trinajstić information content (AvgIpc) is 3.25. The highest BCUT2D eigenvalue weighted by molar-refractivity contribution is 6.07. The van der Waals surface area contributed by atoms with Crippen molar-refractivity contribution in [2.24, 2.45) is 11.8 Å². The van der Waals surface area contributed by atoms with E-state index in [-0.39, 0.29) is 48.5 Å². The molecular weight excluding hydrogens is 520 g/mol. The van der Waals surface area contributed by atoms with Crippen molar-refractivity contribution in [2.45, 2.75) is 37.5 Å². The number of nitrogens with zero attached hydrogens (tertiary/aromatic N) is 1. The van der Waals surface area contributed by atoms with Gasteiger partial charge in [0.15, 0.2) is 6.61 Å². The molecule has 1 saturated heterocycles. The number of methoxy groups -OCH3 is 1. The Morgan fingerprint density at radius 2 is 1.37 bits per heavy atom. The number of imide groups is 1. The van der Waals surface area contributed by atoms with Crippen LogP contribution < -0.4 is 10.1 Å². The van der Waals surface area contributed by atoms with Crippen molar-refractivity contribution in [1.29, 1.82) is 0 Å². The van der Waals surface area contributed by atoms with E-state index in [4.69, 9.17) is 9.47 Å². The number of amides is 3. The van der Waals surface area contributed by atoms with Crippen molar-refractivity contribution in [3.63, 3.8) is 0 Å². The van der Waals surface area contributed by atoms with Crippen LogP contribution in [0.15, 0.2) is 72.8 Å². The van der Waals surface area contributed by atoms with Gasteiger partial charge in [-0.1, -0.05) is 61.0 Å². The maximum Gasteiger partial charge on any atom is 0.306 e. The normalized spacial score (nSPS) is 21.6. The second kappa shape index (κ2) is 11.2. The third-order valence-corrected chi connectivity index (χ3v) is 8.52. The van der Waals surface area contributed by atoms with Gasteiger partial charge in [-0.2, -0.15) is 0 Å². The summed E-state index contributed by atoms with van der Waals surface area (Å²) in [6.45, 7) is -0.0303. The van der Waals surface area contributed by atoms with Crippen LogP contribution in [0.25, 0.3) is 0 Å². The smallest absolute Gasteiger partial charge is 0.306 e. The van der Waals surface area contributed by atoms with Crippen molar-refractivity contribution in [3.8, 4) is 5.75 Å². The molecule has 3 aromatic carbocycles. The molecule has 8 heteroatoms. The lowest BCUT2D eigenvalue weighted by molar-refractivity contribution is -0.147. The molecule has 1 heterocycles. The summed E-state index contributed by atoms with van der Waals surface area (Å²) in [5, 5.41) is 2.67. The van der Waals surface area contributed by atoms with Gasteiger partial charge in [0, 0.05) is 36.6 Å². The van der Waals surface area contributed by atoms with Gasteiger partial charge >= 0.3 is 5.97 Å². The van der Waals surface area contributed by atoms with E-state index in [0.29, 0.717) is 37.2 Å². The number of unbranched alkanes of at least 4 members (excludes halogenated alkanes) is 2. The zero-order chi connectivity index (χ0) is 28.5. The van der Waals surface area contributed by atoms with E-state index in [2.05, 4.69) is 29.6 Å². The van der Waals surface area contributed by atoms with E-state index in [9.17, 15) is 19.2 Å². The third-order valence-electron chi connectivity index (χ3n) is 8.52. The molecule has 210 valence electrons. The van der Waals surface area contributed by atoms with Gasteiger partial charge in [0.05, 0.1) is 18.9 Å². The lowest BCUT2D eigenvalue weighted by Crippen LogP contribution is -2.41. The highest BCUT2D eigenvalue weighted by Gasteiger charge is 2.61. The fraction of sp³-hybridized carbons (Fsp3) is 0.333. The molecule has 0 radical (unpaired) electrons. The second-order valence-corrected chi connectivity index (χ2v) is 10.8. The summed E-state index contributed by atoms with van der Waals surface area (Å²) in [5.41, 5.74) is 5.21. The first-order chi connectivity index (χ1) is 20.0. The number of carbonyl (C=O) groups excluding carboxylic acids is 4. The van der Waals surface area contributed by atoms with Gasteiger partial charge in [-0.05, 0) is 47.2 Å². The summed E-state index contributed by atoms with van der Waals surface area (Å²) in [5.74, 6) is -1.38.